The van der Waals surface area contributed by atoms with Crippen LogP contribution in [0.2, 0.25) is 0 Å². The largest absolute Gasteiger partial charge is 1.00 e. The minimum Gasteiger partial charge on any atom is -0.748 e. The summed E-state index contributed by atoms with van der Waals surface area (Å²) in [5.74, 6) is 0. The van der Waals surface area contributed by atoms with Gasteiger partial charge < -0.3 is 9.66 Å². The van der Waals surface area contributed by atoms with Crippen LogP contribution in [-0.2, 0) is 10.1 Å². The third-order valence-electron chi connectivity index (χ3n) is 5.72. The number of rotatable bonds is 21. The van der Waals surface area contributed by atoms with Crippen LogP contribution in [0.15, 0.2) is 0 Å². The van der Waals surface area contributed by atoms with Crippen molar-refractivity contribution in [3.8, 4) is 0 Å². The Labute approximate surface area is 224 Å². The van der Waals surface area contributed by atoms with Crippen molar-refractivity contribution in [2.75, 3.05) is 0 Å². The molecule has 0 aliphatic carbocycles. The van der Waals surface area contributed by atoms with Crippen LogP contribution in [0.25, 0.3) is 0 Å². The number of aliphatic hydroxyl groups is 1. The van der Waals surface area contributed by atoms with Gasteiger partial charge in [0.1, 0.15) is 0 Å². The second-order valence-electron chi connectivity index (χ2n) is 8.52. The zero-order valence-electron chi connectivity index (χ0n) is 19.7. The summed E-state index contributed by atoms with van der Waals surface area (Å²) >= 11 is 0. The number of hydrogen-bond acceptors (Lipinski definition) is 4. The van der Waals surface area contributed by atoms with E-state index in [1.807, 2.05) is 6.92 Å². The molecule has 2 unspecified atom stereocenters. The standard InChI is InChI=1S/C23H48O4S.K/c1-3-5-6-7-8-9-10-12-15-19-22(24)20-16-13-11-14-17-21-23(18-4-2)28(25,26)27;/h22-24H,3-21H2,1-2H3,(H,25,26,27);/q;+1/p-1. The van der Waals surface area contributed by atoms with Gasteiger partial charge in [-0.25, -0.2) is 8.42 Å². The zero-order chi connectivity index (χ0) is 21.1. The first-order chi connectivity index (χ1) is 13.4. The van der Waals surface area contributed by atoms with Crippen LogP contribution in [0.1, 0.15) is 136 Å². The zero-order valence-corrected chi connectivity index (χ0v) is 23.6. The summed E-state index contributed by atoms with van der Waals surface area (Å²) in [5, 5.41) is 9.37. The number of unbranched alkanes of at least 4 members (excludes halogenated alkanes) is 12. The van der Waals surface area contributed by atoms with Gasteiger partial charge in [0.2, 0.25) is 0 Å². The molecule has 0 heterocycles. The molecule has 0 bridgehead atoms. The smallest absolute Gasteiger partial charge is 0.748 e. The summed E-state index contributed by atoms with van der Waals surface area (Å²) < 4.78 is 33.5. The summed E-state index contributed by atoms with van der Waals surface area (Å²) in [7, 11) is -4.14. The van der Waals surface area contributed by atoms with Crippen LogP contribution in [0, 0.1) is 0 Å². The summed E-state index contributed by atoms with van der Waals surface area (Å²) in [6, 6.07) is 0. The van der Waals surface area contributed by atoms with Crippen LogP contribution in [0.4, 0.5) is 0 Å². The number of aliphatic hydroxyl groups excluding tert-OH is 1. The minimum absolute atomic E-state index is 0. The maximum absolute atomic E-state index is 11.2. The molecule has 0 amide bonds. The van der Waals surface area contributed by atoms with Crippen molar-refractivity contribution in [3.63, 3.8) is 0 Å². The van der Waals surface area contributed by atoms with Crippen LogP contribution in [-0.4, -0.2) is 29.4 Å². The molecular weight excluding hydrogens is 411 g/mol. The molecule has 0 aromatic rings. The van der Waals surface area contributed by atoms with Gasteiger partial charge in [-0.3, -0.25) is 0 Å². The van der Waals surface area contributed by atoms with E-state index in [1.165, 1.54) is 51.4 Å². The Balaban J connectivity index is 0. The molecule has 2 atom stereocenters. The predicted octanol–water partition coefficient (Wildman–Crippen LogP) is 3.72. The fourth-order valence-corrected chi connectivity index (χ4v) is 4.85. The molecule has 0 aliphatic rings. The average Bonchev–Trinajstić information content (AvgIpc) is 2.64. The molecule has 6 heteroatoms. The van der Waals surface area contributed by atoms with Gasteiger partial charge in [-0.05, 0) is 25.7 Å². The molecule has 0 aromatic heterocycles. The summed E-state index contributed by atoms with van der Waals surface area (Å²) in [5.41, 5.74) is 0. The first kappa shape index (κ1) is 32.7. The first-order valence-corrected chi connectivity index (χ1v) is 13.5. The Morgan fingerprint density at radius 2 is 1.00 bits per heavy atom. The van der Waals surface area contributed by atoms with Gasteiger partial charge in [0.25, 0.3) is 0 Å². The Bertz CT molecular complexity index is 429. The topological polar surface area (TPSA) is 77.4 Å². The molecular formula is C23H47KO4S. The maximum Gasteiger partial charge on any atom is 1.00 e. The fraction of sp³-hybridized carbons (Fsp3) is 1.00. The van der Waals surface area contributed by atoms with Gasteiger partial charge in [-0.2, -0.15) is 0 Å². The summed E-state index contributed by atoms with van der Waals surface area (Å²) in [6.45, 7) is 4.16. The molecule has 29 heavy (non-hydrogen) atoms. The molecule has 0 saturated heterocycles. The van der Waals surface area contributed by atoms with E-state index in [9.17, 15) is 18.1 Å². The van der Waals surface area contributed by atoms with Crippen LogP contribution >= 0.6 is 0 Å². The number of hydrogen-bond donors (Lipinski definition) is 1. The van der Waals surface area contributed by atoms with Crippen molar-refractivity contribution in [1.29, 1.82) is 0 Å². The van der Waals surface area contributed by atoms with Gasteiger partial charge >= 0.3 is 51.4 Å². The third kappa shape index (κ3) is 22.5. The van der Waals surface area contributed by atoms with Crippen LogP contribution in [0.3, 0.4) is 0 Å². The molecule has 0 spiro atoms. The molecule has 1 N–H and O–H groups in total. The molecule has 4 nitrogen and oxygen atoms in total. The fourth-order valence-electron chi connectivity index (χ4n) is 3.87. The van der Waals surface area contributed by atoms with Crippen molar-refractivity contribution in [1.82, 2.24) is 0 Å². The monoisotopic (exact) mass is 458 g/mol. The van der Waals surface area contributed by atoms with Gasteiger partial charge in [-0.15, -0.1) is 0 Å². The Morgan fingerprint density at radius 3 is 1.38 bits per heavy atom. The van der Waals surface area contributed by atoms with E-state index in [1.54, 1.807) is 0 Å². The SMILES string of the molecule is CCCCCCCCCCCC(O)CCCCCCCC(CCC)S(=O)(=O)[O-].[K+]. The summed E-state index contributed by atoms with van der Waals surface area (Å²) in [4.78, 5) is 0. The van der Waals surface area contributed by atoms with E-state index in [4.69, 9.17) is 0 Å². The molecule has 0 aliphatic heterocycles. The second-order valence-corrected chi connectivity index (χ2v) is 10.2. The van der Waals surface area contributed by atoms with Crippen molar-refractivity contribution < 1.29 is 69.5 Å². The molecule has 0 radical (unpaired) electrons. The first-order valence-electron chi connectivity index (χ1n) is 12.0. The minimum atomic E-state index is -4.14. The Hall–Kier alpha value is 1.51. The molecule has 170 valence electrons. The predicted molar refractivity (Wildman–Crippen MR) is 119 cm³/mol. The quantitative estimate of drug-likeness (QED) is 0.162. The third-order valence-corrected chi connectivity index (χ3v) is 7.01. The van der Waals surface area contributed by atoms with Crippen molar-refractivity contribution in [2.24, 2.45) is 0 Å². The van der Waals surface area contributed by atoms with Gasteiger partial charge in [0, 0.05) is 5.25 Å². The molecule has 0 fully saturated rings. The normalized spacial score (nSPS) is 13.8. The van der Waals surface area contributed by atoms with E-state index in [-0.39, 0.29) is 57.5 Å². The average molecular weight is 459 g/mol. The maximum atomic E-state index is 11.2. The molecule has 0 rings (SSSR count). The summed E-state index contributed by atoms with van der Waals surface area (Å²) in [6.07, 6.45) is 20.2. The van der Waals surface area contributed by atoms with E-state index >= 15 is 0 Å². The Morgan fingerprint density at radius 1 is 0.621 bits per heavy atom. The van der Waals surface area contributed by atoms with Gasteiger partial charge in [-0.1, -0.05) is 110 Å². The van der Waals surface area contributed by atoms with Crippen LogP contribution in [0.5, 0.6) is 0 Å². The Kier molecular flexibility index (Phi) is 25.6. The van der Waals surface area contributed by atoms with E-state index < -0.39 is 15.4 Å². The van der Waals surface area contributed by atoms with Crippen LogP contribution < -0.4 is 51.4 Å². The van der Waals surface area contributed by atoms with E-state index in [0.29, 0.717) is 12.8 Å². The molecule has 0 saturated carbocycles. The van der Waals surface area contributed by atoms with Crippen molar-refractivity contribution in [3.05, 3.63) is 0 Å². The molecule has 0 aromatic carbocycles. The van der Waals surface area contributed by atoms with Crippen molar-refractivity contribution in [2.45, 2.75) is 147 Å². The van der Waals surface area contributed by atoms with E-state index in [2.05, 4.69) is 6.92 Å². The van der Waals surface area contributed by atoms with Gasteiger partial charge in [0.05, 0.1) is 16.2 Å². The van der Waals surface area contributed by atoms with Gasteiger partial charge in [0.15, 0.2) is 0 Å². The second kappa shape index (κ2) is 22.7. The van der Waals surface area contributed by atoms with E-state index in [0.717, 1.165) is 57.8 Å². The van der Waals surface area contributed by atoms with Crippen molar-refractivity contribution >= 4 is 10.1 Å².